The summed E-state index contributed by atoms with van der Waals surface area (Å²) in [4.78, 5) is 17.0. The Hall–Kier alpha value is -2.39. The van der Waals surface area contributed by atoms with Gasteiger partial charge in [-0.1, -0.05) is 6.07 Å². The topological polar surface area (TPSA) is 91.7 Å². The molecule has 0 heterocycles. The number of aliphatic imine (C=N–C) groups is 1. The number of nitrogens with zero attached hydrogens (tertiary/aromatic N) is 3. The van der Waals surface area contributed by atoms with Gasteiger partial charge < -0.3 is 10.5 Å². The highest BCUT2D eigenvalue weighted by molar-refractivity contribution is 5.87. The van der Waals surface area contributed by atoms with Gasteiger partial charge in [0.25, 0.3) is 0 Å². The Labute approximate surface area is 148 Å². The van der Waals surface area contributed by atoms with Crippen molar-refractivity contribution in [3.8, 4) is 6.07 Å². The first kappa shape index (κ1) is 17.4. The van der Waals surface area contributed by atoms with Gasteiger partial charge in [0, 0.05) is 19.6 Å². The fraction of sp³-hybridized carbons (Fsp3) is 0.526. The van der Waals surface area contributed by atoms with Gasteiger partial charge in [-0.3, -0.25) is 9.69 Å². The summed E-state index contributed by atoms with van der Waals surface area (Å²) in [5.74, 6) is 0.212. The maximum Gasteiger partial charge on any atom is 0.216 e. The zero-order valence-corrected chi connectivity index (χ0v) is 14.7. The lowest BCUT2D eigenvalue weighted by atomic mass is 9.68. The first-order valence-corrected chi connectivity index (χ1v) is 8.60. The molecular weight excluding hydrogens is 316 g/mol. The highest BCUT2D eigenvalue weighted by Gasteiger charge is 2.48. The van der Waals surface area contributed by atoms with Gasteiger partial charge in [-0.05, 0) is 55.4 Å². The molecule has 1 unspecified atom stereocenters. The van der Waals surface area contributed by atoms with E-state index in [0.29, 0.717) is 18.1 Å². The second-order valence-corrected chi connectivity index (χ2v) is 7.11. The second kappa shape index (κ2) is 6.85. The van der Waals surface area contributed by atoms with Crippen LogP contribution in [0.15, 0.2) is 23.2 Å². The number of benzene rings is 1. The molecule has 1 atom stereocenters. The predicted molar refractivity (Wildman–Crippen MR) is 94.7 cm³/mol. The van der Waals surface area contributed by atoms with Crippen molar-refractivity contribution >= 4 is 12.4 Å². The summed E-state index contributed by atoms with van der Waals surface area (Å²) in [6.45, 7) is 0. The smallest absolute Gasteiger partial charge is 0.216 e. The predicted octanol–water partition coefficient (Wildman–Crippen LogP) is 2.13. The Morgan fingerprint density at radius 2 is 2.20 bits per heavy atom. The third-order valence-corrected chi connectivity index (χ3v) is 5.73. The van der Waals surface area contributed by atoms with E-state index in [1.807, 2.05) is 18.2 Å². The molecule has 0 bridgehead atoms. The molecule has 2 N–H and O–H groups in total. The van der Waals surface area contributed by atoms with E-state index in [0.717, 1.165) is 37.7 Å². The zero-order valence-electron chi connectivity index (χ0n) is 14.7. The molecule has 1 aromatic carbocycles. The number of guanidine groups is 1. The molecule has 1 amide bonds. The van der Waals surface area contributed by atoms with E-state index in [4.69, 9.17) is 15.5 Å². The number of nitriles is 1. The molecule has 0 saturated heterocycles. The lowest BCUT2D eigenvalue weighted by molar-refractivity contribution is -0.114. The van der Waals surface area contributed by atoms with E-state index in [2.05, 4.69) is 6.07 Å². The van der Waals surface area contributed by atoms with Crippen molar-refractivity contribution in [2.24, 2.45) is 16.1 Å². The molecule has 6 heteroatoms. The van der Waals surface area contributed by atoms with Crippen molar-refractivity contribution in [2.75, 3.05) is 14.2 Å². The van der Waals surface area contributed by atoms with Crippen molar-refractivity contribution in [1.29, 1.82) is 5.26 Å². The van der Waals surface area contributed by atoms with Crippen LogP contribution in [0.1, 0.15) is 48.4 Å². The molecule has 2 aliphatic rings. The van der Waals surface area contributed by atoms with Gasteiger partial charge in [0.2, 0.25) is 6.41 Å². The first-order chi connectivity index (χ1) is 12.0. The van der Waals surface area contributed by atoms with Crippen molar-refractivity contribution in [3.05, 3.63) is 34.9 Å². The van der Waals surface area contributed by atoms with Crippen molar-refractivity contribution in [2.45, 2.75) is 44.2 Å². The van der Waals surface area contributed by atoms with Crippen LogP contribution in [-0.4, -0.2) is 37.5 Å². The summed E-state index contributed by atoms with van der Waals surface area (Å²) in [5.41, 5.74) is 8.94. The van der Waals surface area contributed by atoms with E-state index < -0.39 is 0 Å². The highest BCUT2D eigenvalue weighted by atomic mass is 16.5. The molecule has 1 spiro atoms. The number of carbonyl (C=O) groups excluding carboxylic acids is 1. The lowest BCUT2D eigenvalue weighted by Crippen LogP contribution is -2.37. The Balaban J connectivity index is 2.01. The molecule has 0 radical (unpaired) electrons. The van der Waals surface area contributed by atoms with Gasteiger partial charge in [-0.25, -0.2) is 4.99 Å². The molecule has 1 aromatic rings. The van der Waals surface area contributed by atoms with Crippen LogP contribution in [-0.2, 0) is 16.0 Å². The van der Waals surface area contributed by atoms with Crippen LogP contribution in [0.3, 0.4) is 0 Å². The van der Waals surface area contributed by atoms with Crippen LogP contribution < -0.4 is 5.73 Å². The lowest BCUT2D eigenvalue weighted by Gasteiger charge is -2.40. The van der Waals surface area contributed by atoms with E-state index in [1.54, 1.807) is 14.2 Å². The Kier molecular flexibility index (Phi) is 4.78. The number of methoxy groups -OCH3 is 1. The number of carbonyl (C=O) groups is 1. The molecule has 1 fully saturated rings. The first-order valence-electron chi connectivity index (χ1n) is 8.60. The third kappa shape index (κ3) is 3.12. The quantitative estimate of drug-likeness (QED) is 0.518. The molecule has 25 heavy (non-hydrogen) atoms. The Morgan fingerprint density at radius 1 is 1.48 bits per heavy atom. The molecule has 0 aliphatic heterocycles. The number of fused-ring (bicyclic) bond motifs is 1. The number of hydrogen-bond acceptors (Lipinski definition) is 4. The van der Waals surface area contributed by atoms with Crippen LogP contribution >= 0.6 is 0 Å². The Bertz CT molecular complexity index is 729. The van der Waals surface area contributed by atoms with Gasteiger partial charge in [0.1, 0.15) is 0 Å². The molecule has 1 saturated carbocycles. The number of rotatable bonds is 3. The van der Waals surface area contributed by atoms with Crippen LogP contribution in [0.4, 0.5) is 0 Å². The fourth-order valence-corrected chi connectivity index (χ4v) is 4.22. The monoisotopic (exact) mass is 340 g/mol. The van der Waals surface area contributed by atoms with Crippen LogP contribution in [0.25, 0.3) is 0 Å². The number of nitrogens with two attached hydrogens (primary N) is 1. The standard InChI is InChI=1S/C19H24N4O2/c1-23(12-24)18(21)22-17-16-9-13(11-20)3-4-14(16)10-19(17)7-5-15(25-2)6-8-19/h3-4,9,12,15,17H,5-8,10H2,1-2H3,(H2,21,22). The maximum atomic E-state index is 11.0. The number of hydrogen-bond donors (Lipinski definition) is 1. The van der Waals surface area contributed by atoms with Gasteiger partial charge in [-0.2, -0.15) is 5.26 Å². The van der Waals surface area contributed by atoms with Crippen LogP contribution in [0, 0.1) is 16.7 Å². The number of ether oxygens (including phenoxy) is 1. The van der Waals surface area contributed by atoms with Gasteiger partial charge in [0.15, 0.2) is 5.96 Å². The summed E-state index contributed by atoms with van der Waals surface area (Å²) in [6.07, 6.45) is 5.85. The molecular formula is C19H24N4O2. The Morgan fingerprint density at radius 3 is 2.80 bits per heavy atom. The molecule has 132 valence electrons. The largest absolute Gasteiger partial charge is 0.381 e. The van der Waals surface area contributed by atoms with E-state index in [9.17, 15) is 10.1 Å². The molecule has 6 nitrogen and oxygen atoms in total. The van der Waals surface area contributed by atoms with Gasteiger partial charge in [-0.15, -0.1) is 0 Å². The third-order valence-electron chi connectivity index (χ3n) is 5.73. The van der Waals surface area contributed by atoms with Gasteiger partial charge >= 0.3 is 0 Å². The normalized spacial score (nSPS) is 28.4. The summed E-state index contributed by atoms with van der Waals surface area (Å²) >= 11 is 0. The molecule has 2 aliphatic carbocycles. The van der Waals surface area contributed by atoms with Gasteiger partial charge in [0.05, 0.1) is 23.8 Å². The highest BCUT2D eigenvalue weighted by Crippen LogP contribution is 2.56. The second-order valence-electron chi connectivity index (χ2n) is 7.11. The van der Waals surface area contributed by atoms with Crippen molar-refractivity contribution < 1.29 is 9.53 Å². The average Bonchev–Trinajstić information content (AvgIpc) is 2.93. The van der Waals surface area contributed by atoms with Crippen LogP contribution in [0.2, 0.25) is 0 Å². The van der Waals surface area contributed by atoms with Crippen LogP contribution in [0.5, 0.6) is 0 Å². The summed E-state index contributed by atoms with van der Waals surface area (Å²) < 4.78 is 5.52. The minimum atomic E-state index is -0.129. The molecule has 0 aromatic heterocycles. The van der Waals surface area contributed by atoms with E-state index in [1.165, 1.54) is 10.5 Å². The summed E-state index contributed by atoms with van der Waals surface area (Å²) in [6, 6.07) is 7.90. The average molecular weight is 340 g/mol. The maximum absolute atomic E-state index is 11.0. The van der Waals surface area contributed by atoms with Crippen molar-refractivity contribution in [1.82, 2.24) is 4.90 Å². The molecule has 3 rings (SSSR count). The van der Waals surface area contributed by atoms with Crippen molar-refractivity contribution in [3.63, 3.8) is 0 Å². The number of amides is 1. The van der Waals surface area contributed by atoms with E-state index >= 15 is 0 Å². The fourth-order valence-electron chi connectivity index (χ4n) is 4.22. The minimum Gasteiger partial charge on any atom is -0.381 e. The van der Waals surface area contributed by atoms with E-state index in [-0.39, 0.29) is 17.4 Å². The minimum absolute atomic E-state index is 0.0141. The summed E-state index contributed by atoms with van der Waals surface area (Å²) in [5, 5.41) is 9.25. The zero-order chi connectivity index (χ0) is 18.0. The SMILES string of the molecule is COC1CCC2(CC1)Cc1ccc(C#N)cc1C2N=C(N)N(C)C=O. The summed E-state index contributed by atoms with van der Waals surface area (Å²) in [7, 11) is 3.36.